The van der Waals surface area contributed by atoms with Gasteiger partial charge in [-0.1, -0.05) is 12.1 Å². The Bertz CT molecular complexity index is 1430. The molecule has 2 saturated heterocycles. The smallest absolute Gasteiger partial charge is 0.331 e. The van der Waals surface area contributed by atoms with Crippen LogP contribution in [0.2, 0.25) is 0 Å². The van der Waals surface area contributed by atoms with Gasteiger partial charge in [-0.25, -0.2) is 4.79 Å². The summed E-state index contributed by atoms with van der Waals surface area (Å²) < 4.78 is 33.2. The molecule has 2 aromatic carbocycles. The number of aromatic hydroxyl groups is 4. The summed E-state index contributed by atoms with van der Waals surface area (Å²) in [6, 6.07) is 7.85. The van der Waals surface area contributed by atoms with E-state index in [-0.39, 0.29) is 30.3 Å². The van der Waals surface area contributed by atoms with Crippen molar-refractivity contribution in [3.63, 3.8) is 0 Å². The lowest BCUT2D eigenvalue weighted by molar-refractivity contribution is -0.360. The lowest BCUT2D eigenvalue weighted by atomic mass is 9.96. The molecule has 2 fully saturated rings. The Morgan fingerprint density at radius 2 is 1.46 bits per heavy atom. The molecule has 0 radical (unpaired) electrons. The quantitative estimate of drug-likeness (QED) is 0.0702. The number of phenolic OH excluding ortho intramolecular Hbond substituents is 4. The molecule has 2 aromatic rings. The van der Waals surface area contributed by atoms with E-state index in [1.54, 1.807) is 0 Å². The van der Waals surface area contributed by atoms with Crippen molar-refractivity contribution in [2.45, 2.75) is 74.8 Å². The van der Waals surface area contributed by atoms with E-state index < -0.39 is 92.3 Å². The maximum atomic E-state index is 12.9. The van der Waals surface area contributed by atoms with Crippen LogP contribution < -0.4 is 0 Å². The van der Waals surface area contributed by atoms with Crippen LogP contribution in [0.15, 0.2) is 42.5 Å². The summed E-state index contributed by atoms with van der Waals surface area (Å²) in [5.41, 5.74) is 0.849. The van der Waals surface area contributed by atoms with Gasteiger partial charge in [-0.3, -0.25) is 4.79 Å². The minimum atomic E-state index is -1.92. The Balaban J connectivity index is 1.55. The molecule has 48 heavy (non-hydrogen) atoms. The predicted octanol–water partition coefficient (Wildman–Crippen LogP) is -1.47. The average Bonchev–Trinajstić information content (AvgIpc) is 3.05. The molecule has 0 spiro atoms. The van der Waals surface area contributed by atoms with Gasteiger partial charge in [0.05, 0.1) is 13.2 Å². The molecule has 0 bridgehead atoms. The Morgan fingerprint density at radius 1 is 0.792 bits per heavy atom. The Labute approximate surface area is 273 Å². The fourth-order valence-electron chi connectivity index (χ4n) is 5.00. The zero-order valence-corrected chi connectivity index (χ0v) is 25.5. The van der Waals surface area contributed by atoms with Gasteiger partial charge in [-0.15, -0.1) is 0 Å². The van der Waals surface area contributed by atoms with Crippen LogP contribution in [0.1, 0.15) is 18.1 Å². The van der Waals surface area contributed by atoms with Crippen LogP contribution in [0.4, 0.5) is 0 Å². The Morgan fingerprint density at radius 3 is 2.10 bits per heavy atom. The number of ether oxygens (including phenoxy) is 6. The maximum Gasteiger partial charge on any atom is 0.331 e. The first-order valence-electron chi connectivity index (χ1n) is 14.7. The number of carbonyl (C=O) groups is 2. The number of aliphatic hydroxyl groups excluding tert-OH is 5. The van der Waals surface area contributed by atoms with Gasteiger partial charge in [0.15, 0.2) is 41.7 Å². The van der Waals surface area contributed by atoms with Crippen LogP contribution in [-0.4, -0.2) is 139 Å². The Kier molecular flexibility index (Phi) is 12.6. The molecule has 2 aliphatic rings. The van der Waals surface area contributed by atoms with Gasteiger partial charge in [0.2, 0.25) is 0 Å². The second-order valence-corrected chi connectivity index (χ2v) is 11.1. The van der Waals surface area contributed by atoms with Crippen LogP contribution in [0.5, 0.6) is 23.0 Å². The summed E-state index contributed by atoms with van der Waals surface area (Å²) in [4.78, 5) is 24.2. The third-order valence-corrected chi connectivity index (χ3v) is 7.58. The van der Waals surface area contributed by atoms with Crippen molar-refractivity contribution in [3.05, 3.63) is 53.6 Å². The minimum absolute atomic E-state index is 0.124. The van der Waals surface area contributed by atoms with Gasteiger partial charge >= 0.3 is 11.9 Å². The van der Waals surface area contributed by atoms with Gasteiger partial charge in [0.25, 0.3) is 0 Å². The molecule has 17 nitrogen and oxygen atoms in total. The van der Waals surface area contributed by atoms with Crippen molar-refractivity contribution in [2.24, 2.45) is 0 Å². The molecule has 4 rings (SSSR count). The number of hydrogen-bond donors (Lipinski definition) is 9. The summed E-state index contributed by atoms with van der Waals surface area (Å²) in [5.74, 6) is -3.27. The highest BCUT2D eigenvalue weighted by Crippen LogP contribution is 2.32. The first-order chi connectivity index (χ1) is 22.8. The molecule has 17 heteroatoms. The topological polar surface area (TPSA) is 272 Å². The van der Waals surface area contributed by atoms with E-state index in [4.69, 9.17) is 28.4 Å². The number of phenols is 4. The van der Waals surface area contributed by atoms with Gasteiger partial charge in [-0.05, 0) is 47.9 Å². The number of esters is 2. The molecule has 264 valence electrons. The van der Waals surface area contributed by atoms with Crippen molar-refractivity contribution < 1.29 is 84.0 Å². The molecule has 0 saturated carbocycles. The van der Waals surface area contributed by atoms with Crippen LogP contribution in [0.3, 0.4) is 0 Å². The fraction of sp³-hybridized carbons (Fsp3) is 0.484. The second kappa shape index (κ2) is 16.4. The third kappa shape index (κ3) is 9.10. The van der Waals surface area contributed by atoms with E-state index in [2.05, 4.69) is 0 Å². The zero-order chi connectivity index (χ0) is 35.1. The Hall–Kier alpha value is -4.04. The monoisotopic (exact) mass is 682 g/mol. The lowest BCUT2D eigenvalue weighted by Gasteiger charge is -2.46. The first kappa shape index (κ1) is 36.8. The number of benzene rings is 2. The van der Waals surface area contributed by atoms with Crippen LogP contribution in [0, 0.1) is 0 Å². The van der Waals surface area contributed by atoms with Crippen molar-refractivity contribution in [1.29, 1.82) is 0 Å². The first-order valence-corrected chi connectivity index (χ1v) is 14.7. The highest BCUT2D eigenvalue weighted by Gasteiger charge is 2.52. The highest BCUT2D eigenvalue weighted by molar-refractivity contribution is 5.87. The molecule has 0 amide bonds. The van der Waals surface area contributed by atoms with E-state index in [1.807, 2.05) is 0 Å². The standard InChI is InChI=1S/C31H38O17/c1-14(33)44-13-22-24(39)25(40)26(41)31(46-22)48-29-27(42)30(43-9-8-16-3-6-18(35)20(37)11-16)45-21(12-32)28(29)47-23(38)7-4-15-2-5-17(34)19(36)10-15/h2-7,10-11,21-22,24-32,34-37,39-42H,8-9,12-13H2,1H3/b7-4+/t21-,22-,24-,25+,26-,27-,28-,29-,30-,31+/m0/s1. The minimum Gasteiger partial charge on any atom is -0.504 e. The van der Waals surface area contributed by atoms with E-state index in [1.165, 1.54) is 42.5 Å². The van der Waals surface area contributed by atoms with Crippen molar-refractivity contribution in [2.75, 3.05) is 19.8 Å². The number of rotatable bonds is 12. The van der Waals surface area contributed by atoms with E-state index in [9.17, 15) is 55.5 Å². The fourth-order valence-corrected chi connectivity index (χ4v) is 5.00. The maximum absolute atomic E-state index is 12.9. The predicted molar refractivity (Wildman–Crippen MR) is 158 cm³/mol. The molecular formula is C31H38O17. The number of carbonyl (C=O) groups excluding carboxylic acids is 2. The number of aliphatic hydroxyl groups is 5. The van der Waals surface area contributed by atoms with E-state index >= 15 is 0 Å². The lowest BCUT2D eigenvalue weighted by Crippen LogP contribution is -2.65. The second-order valence-electron chi connectivity index (χ2n) is 11.1. The van der Waals surface area contributed by atoms with Crippen molar-refractivity contribution in [3.8, 4) is 23.0 Å². The highest BCUT2D eigenvalue weighted by atomic mass is 16.7. The molecule has 10 atom stereocenters. The van der Waals surface area contributed by atoms with Crippen molar-refractivity contribution in [1.82, 2.24) is 0 Å². The van der Waals surface area contributed by atoms with E-state index in [0.717, 1.165) is 13.0 Å². The van der Waals surface area contributed by atoms with Crippen LogP contribution in [0.25, 0.3) is 6.08 Å². The third-order valence-electron chi connectivity index (χ3n) is 7.58. The molecule has 2 aliphatic heterocycles. The molecular weight excluding hydrogens is 644 g/mol. The average molecular weight is 683 g/mol. The van der Waals surface area contributed by atoms with Crippen LogP contribution >= 0.6 is 0 Å². The van der Waals surface area contributed by atoms with Gasteiger partial charge in [0, 0.05) is 13.0 Å². The van der Waals surface area contributed by atoms with Gasteiger partial charge in [0.1, 0.15) is 49.3 Å². The molecule has 0 aliphatic carbocycles. The summed E-state index contributed by atoms with van der Waals surface area (Å²) in [7, 11) is 0. The van der Waals surface area contributed by atoms with Gasteiger partial charge in [-0.2, -0.15) is 0 Å². The van der Waals surface area contributed by atoms with Crippen molar-refractivity contribution >= 4 is 18.0 Å². The summed E-state index contributed by atoms with van der Waals surface area (Å²) in [5, 5.41) is 91.5. The summed E-state index contributed by atoms with van der Waals surface area (Å²) >= 11 is 0. The van der Waals surface area contributed by atoms with E-state index in [0.29, 0.717) is 11.1 Å². The largest absolute Gasteiger partial charge is 0.504 e. The normalized spacial score (nSPS) is 30.6. The summed E-state index contributed by atoms with van der Waals surface area (Å²) in [6.07, 6.45) is -14.4. The molecule has 2 heterocycles. The molecule has 9 N–H and O–H groups in total. The van der Waals surface area contributed by atoms with Crippen LogP contribution in [-0.2, 0) is 44.4 Å². The molecule has 0 unspecified atom stereocenters. The summed E-state index contributed by atoms with van der Waals surface area (Å²) in [6.45, 7) is -0.355. The van der Waals surface area contributed by atoms with Gasteiger partial charge < -0.3 is 74.4 Å². The zero-order valence-electron chi connectivity index (χ0n) is 25.5. The SMILES string of the molecule is CC(=O)OC[C@@H]1O[C@H](O[C@H]2[C@H](O)[C@@H](OCCc3ccc(O)c(O)c3)O[C@@H](CO)[C@@H]2OC(=O)/C=C/c2ccc(O)c(O)c2)[C@@H](O)[C@H](O)[C@H]1O. The molecule has 0 aromatic heterocycles. The number of hydrogen-bond acceptors (Lipinski definition) is 17.